The smallest absolute Gasteiger partial charge is 0.283 e. The maximum Gasteiger partial charge on any atom is 0.283 e. The largest absolute Gasteiger partial charge is 0.469 e. The van der Waals surface area contributed by atoms with E-state index in [2.05, 4.69) is 0 Å². The minimum atomic E-state index is -0.568. The molecule has 0 aromatic rings. The summed E-state index contributed by atoms with van der Waals surface area (Å²) in [6.45, 7) is 0. The minimum Gasteiger partial charge on any atom is -0.469 e. The van der Waals surface area contributed by atoms with Gasteiger partial charge in [-0.2, -0.15) is 0 Å². The monoisotopic (exact) mass is 196 g/mol. The Balaban J connectivity index is 2.13. The van der Waals surface area contributed by atoms with Gasteiger partial charge in [-0.25, -0.2) is 0 Å². The van der Waals surface area contributed by atoms with Crippen LogP contribution in [0.2, 0.25) is 0 Å². The van der Waals surface area contributed by atoms with Crippen LogP contribution >= 0.6 is 0 Å². The summed E-state index contributed by atoms with van der Waals surface area (Å²) in [4.78, 5) is 11.8. The van der Waals surface area contributed by atoms with E-state index in [0.29, 0.717) is 5.95 Å². The van der Waals surface area contributed by atoms with Crippen LogP contribution in [0.3, 0.4) is 0 Å². The van der Waals surface area contributed by atoms with Gasteiger partial charge in [0.25, 0.3) is 5.95 Å². The molecule has 1 fully saturated rings. The fourth-order valence-corrected chi connectivity index (χ4v) is 2.26. The van der Waals surface area contributed by atoms with Gasteiger partial charge >= 0.3 is 0 Å². The number of ether oxygens (including phenoxy) is 2. The van der Waals surface area contributed by atoms with Crippen molar-refractivity contribution in [1.29, 1.82) is 0 Å². The maximum atomic E-state index is 11.8. The fourth-order valence-electron chi connectivity index (χ4n) is 2.26. The molecular weight excluding hydrogens is 180 g/mol. The van der Waals surface area contributed by atoms with Gasteiger partial charge < -0.3 is 9.47 Å². The van der Waals surface area contributed by atoms with Crippen LogP contribution in [0.5, 0.6) is 0 Å². The second-order valence-corrected chi connectivity index (χ2v) is 4.04. The van der Waals surface area contributed by atoms with E-state index in [-0.39, 0.29) is 5.78 Å². The van der Waals surface area contributed by atoms with Crippen molar-refractivity contribution in [2.45, 2.75) is 44.1 Å². The van der Waals surface area contributed by atoms with Gasteiger partial charge in [0.1, 0.15) is 0 Å². The molecule has 1 aliphatic heterocycles. The van der Waals surface area contributed by atoms with E-state index in [1.165, 1.54) is 26.0 Å². The molecule has 2 rings (SSSR count). The Hall–Kier alpha value is -0.990. The van der Waals surface area contributed by atoms with Crippen LogP contribution in [0.15, 0.2) is 12.0 Å². The van der Waals surface area contributed by atoms with Gasteiger partial charge in [0.2, 0.25) is 5.78 Å². The molecule has 1 aliphatic carbocycles. The Morgan fingerprint density at radius 1 is 1.29 bits per heavy atom. The summed E-state index contributed by atoms with van der Waals surface area (Å²) in [6, 6.07) is 0. The van der Waals surface area contributed by atoms with E-state index >= 15 is 0 Å². The summed E-state index contributed by atoms with van der Waals surface area (Å²) >= 11 is 0. The summed E-state index contributed by atoms with van der Waals surface area (Å²) in [5.41, 5.74) is -0.568. The summed E-state index contributed by atoms with van der Waals surface area (Å²) < 4.78 is 10.6. The molecule has 0 aromatic heterocycles. The number of methoxy groups -OCH3 is 1. The first-order valence-electron chi connectivity index (χ1n) is 5.26. The van der Waals surface area contributed by atoms with Gasteiger partial charge in [0, 0.05) is 0 Å². The highest BCUT2D eigenvalue weighted by atomic mass is 16.7. The number of rotatable bonds is 1. The van der Waals surface area contributed by atoms with Gasteiger partial charge in [-0.15, -0.1) is 0 Å². The number of carbonyl (C=O) groups is 1. The Labute approximate surface area is 84.1 Å². The van der Waals surface area contributed by atoms with E-state index in [0.717, 1.165) is 25.7 Å². The van der Waals surface area contributed by atoms with Crippen molar-refractivity contribution in [3.8, 4) is 0 Å². The summed E-state index contributed by atoms with van der Waals surface area (Å²) in [7, 11) is 1.54. The normalized spacial score (nSPS) is 25.5. The average molecular weight is 196 g/mol. The van der Waals surface area contributed by atoms with E-state index in [9.17, 15) is 4.79 Å². The molecule has 0 bridgehead atoms. The summed E-state index contributed by atoms with van der Waals surface area (Å²) in [5.74, 6) is 0.480. The summed E-state index contributed by atoms with van der Waals surface area (Å²) in [6.07, 6.45) is 7.75. The second kappa shape index (κ2) is 3.64. The topological polar surface area (TPSA) is 35.5 Å². The number of hydrogen-bond acceptors (Lipinski definition) is 3. The molecule has 78 valence electrons. The maximum absolute atomic E-state index is 11.8. The van der Waals surface area contributed by atoms with E-state index in [4.69, 9.17) is 9.47 Å². The molecule has 0 radical (unpaired) electrons. The van der Waals surface area contributed by atoms with Gasteiger partial charge in [0.15, 0.2) is 5.60 Å². The van der Waals surface area contributed by atoms with Crippen LogP contribution in [0.1, 0.15) is 38.5 Å². The minimum absolute atomic E-state index is 0.0938. The molecule has 1 heterocycles. The zero-order valence-electron chi connectivity index (χ0n) is 8.54. The highest BCUT2D eigenvalue weighted by Crippen LogP contribution is 2.37. The van der Waals surface area contributed by atoms with Crippen LogP contribution in [0, 0.1) is 0 Å². The first kappa shape index (κ1) is 9.56. The Kier molecular flexibility index (Phi) is 2.48. The predicted molar refractivity (Wildman–Crippen MR) is 51.6 cm³/mol. The number of hydrogen-bond donors (Lipinski definition) is 0. The van der Waals surface area contributed by atoms with Crippen LogP contribution in [-0.2, 0) is 14.3 Å². The second-order valence-electron chi connectivity index (χ2n) is 4.04. The quantitative estimate of drug-likeness (QED) is 0.644. The lowest BCUT2D eigenvalue weighted by Crippen LogP contribution is -2.35. The number of ketones is 1. The summed E-state index contributed by atoms with van der Waals surface area (Å²) in [5, 5.41) is 0. The fraction of sp³-hybridized carbons (Fsp3) is 0.727. The van der Waals surface area contributed by atoms with E-state index < -0.39 is 5.60 Å². The van der Waals surface area contributed by atoms with Crippen molar-refractivity contribution >= 4 is 5.78 Å². The first-order valence-corrected chi connectivity index (χ1v) is 5.26. The van der Waals surface area contributed by atoms with E-state index in [1.54, 1.807) is 0 Å². The lowest BCUT2D eigenvalue weighted by Gasteiger charge is -2.25. The van der Waals surface area contributed by atoms with Crippen molar-refractivity contribution in [3.05, 3.63) is 12.0 Å². The van der Waals surface area contributed by atoms with Gasteiger partial charge in [-0.3, -0.25) is 4.79 Å². The van der Waals surface area contributed by atoms with Crippen molar-refractivity contribution in [3.63, 3.8) is 0 Å². The molecule has 0 N–H and O–H groups in total. The lowest BCUT2D eigenvalue weighted by molar-refractivity contribution is -0.135. The Morgan fingerprint density at radius 2 is 1.93 bits per heavy atom. The third-order valence-corrected chi connectivity index (χ3v) is 3.11. The molecule has 0 unspecified atom stereocenters. The van der Waals surface area contributed by atoms with Gasteiger partial charge in [0.05, 0.1) is 13.2 Å². The number of carbonyl (C=O) groups excluding carboxylic acids is 1. The molecule has 0 aromatic carbocycles. The molecule has 1 spiro atoms. The molecule has 3 heteroatoms. The average Bonchev–Trinajstić information content (AvgIpc) is 2.40. The van der Waals surface area contributed by atoms with Crippen molar-refractivity contribution in [2.24, 2.45) is 0 Å². The van der Waals surface area contributed by atoms with Crippen LogP contribution in [0.25, 0.3) is 0 Å². The molecule has 0 atom stereocenters. The highest BCUT2D eigenvalue weighted by Gasteiger charge is 2.44. The van der Waals surface area contributed by atoms with Crippen molar-refractivity contribution in [2.75, 3.05) is 7.11 Å². The zero-order valence-corrected chi connectivity index (χ0v) is 8.54. The van der Waals surface area contributed by atoms with Crippen LogP contribution in [0.4, 0.5) is 0 Å². The zero-order chi connectivity index (χ0) is 10.0. The molecular formula is C11H16O3. The van der Waals surface area contributed by atoms with Crippen molar-refractivity contribution in [1.82, 2.24) is 0 Å². The van der Waals surface area contributed by atoms with Crippen molar-refractivity contribution < 1.29 is 14.3 Å². The lowest BCUT2D eigenvalue weighted by atomic mass is 9.91. The molecule has 1 saturated carbocycles. The van der Waals surface area contributed by atoms with Gasteiger partial charge in [-0.05, 0) is 25.7 Å². The van der Waals surface area contributed by atoms with Crippen LogP contribution in [-0.4, -0.2) is 18.5 Å². The Bertz CT molecular complexity index is 260. The SMILES string of the molecule is COC1=CC(=O)C2(CCCCCC2)O1. The molecule has 3 nitrogen and oxygen atoms in total. The van der Waals surface area contributed by atoms with Gasteiger partial charge in [-0.1, -0.05) is 12.8 Å². The molecule has 2 aliphatic rings. The molecule has 14 heavy (non-hydrogen) atoms. The first-order chi connectivity index (χ1) is 6.77. The van der Waals surface area contributed by atoms with E-state index in [1.807, 2.05) is 0 Å². The Morgan fingerprint density at radius 3 is 2.43 bits per heavy atom. The molecule has 0 amide bonds. The molecule has 0 saturated heterocycles. The van der Waals surface area contributed by atoms with Crippen LogP contribution < -0.4 is 0 Å². The highest BCUT2D eigenvalue weighted by molar-refractivity contribution is 5.99. The standard InChI is InChI=1S/C11H16O3/c1-13-10-8-9(12)11(14-10)6-4-2-3-5-7-11/h8H,2-7H2,1H3. The predicted octanol–water partition coefficient (Wildman–Crippen LogP) is 2.17. The third-order valence-electron chi connectivity index (χ3n) is 3.11. The third kappa shape index (κ3) is 1.51.